The summed E-state index contributed by atoms with van der Waals surface area (Å²) in [7, 11) is 0. The molecule has 7 heteroatoms. The van der Waals surface area contributed by atoms with Gasteiger partial charge in [-0.15, -0.1) is 0 Å². The minimum absolute atomic E-state index is 0.0382. The molecule has 4 heterocycles. The summed E-state index contributed by atoms with van der Waals surface area (Å²) in [6, 6.07) is 5.53. The predicted octanol–water partition coefficient (Wildman–Crippen LogP) is 3.42. The van der Waals surface area contributed by atoms with Crippen LogP contribution in [0.5, 0.6) is 0 Å². The number of furan rings is 1. The van der Waals surface area contributed by atoms with Crippen molar-refractivity contribution in [3.63, 3.8) is 0 Å². The van der Waals surface area contributed by atoms with E-state index < -0.39 is 0 Å². The Hall–Kier alpha value is -2.67. The van der Waals surface area contributed by atoms with Crippen molar-refractivity contribution in [2.45, 2.75) is 39.2 Å². The molecule has 2 N–H and O–H groups in total. The molecule has 0 spiro atoms. The maximum Gasteiger partial charge on any atom is 0.259 e. The number of carbonyl (C=O) groups excluding carboxylic acids is 1. The second kappa shape index (κ2) is 6.81. The van der Waals surface area contributed by atoms with Crippen molar-refractivity contribution < 1.29 is 13.7 Å². The van der Waals surface area contributed by atoms with Crippen molar-refractivity contribution in [2.24, 2.45) is 11.7 Å². The molecule has 0 radical (unpaired) electrons. The molecule has 2 unspecified atom stereocenters. The van der Waals surface area contributed by atoms with Gasteiger partial charge >= 0.3 is 0 Å². The first kappa shape index (κ1) is 17.7. The Kier molecular flexibility index (Phi) is 4.47. The van der Waals surface area contributed by atoms with Gasteiger partial charge in [0, 0.05) is 12.6 Å². The SMILES string of the molecule is CC(C)c1noc2nc(-c3ccco3)cc(C(=O)N3CC(CN)CC3C)c12. The highest BCUT2D eigenvalue weighted by Gasteiger charge is 2.34. The van der Waals surface area contributed by atoms with Gasteiger partial charge in [-0.3, -0.25) is 4.79 Å². The molecule has 0 bridgehead atoms. The number of nitrogens with zero attached hydrogens (tertiary/aromatic N) is 3. The summed E-state index contributed by atoms with van der Waals surface area (Å²) >= 11 is 0. The molecular weight excluding hydrogens is 344 g/mol. The normalized spacial score (nSPS) is 20.1. The molecule has 4 rings (SSSR count). The first-order valence-corrected chi connectivity index (χ1v) is 9.34. The molecule has 1 saturated heterocycles. The standard InChI is InChI=1S/C20H24N4O3/c1-11(2)18-17-14(20(25)24-10-13(9-21)7-12(24)3)8-15(16-5-4-6-26-16)22-19(17)27-23-18/h4-6,8,11-13H,7,9-10,21H2,1-3H3. The number of nitrogens with two attached hydrogens (primary N) is 1. The molecule has 2 atom stereocenters. The van der Waals surface area contributed by atoms with Crippen LogP contribution in [0.3, 0.4) is 0 Å². The van der Waals surface area contributed by atoms with E-state index in [0.717, 1.165) is 12.1 Å². The maximum atomic E-state index is 13.5. The van der Waals surface area contributed by atoms with Crippen LogP contribution in [0, 0.1) is 5.92 Å². The van der Waals surface area contributed by atoms with E-state index in [4.69, 9.17) is 14.7 Å². The van der Waals surface area contributed by atoms with E-state index in [1.165, 1.54) is 0 Å². The summed E-state index contributed by atoms with van der Waals surface area (Å²) in [6.07, 6.45) is 2.50. The van der Waals surface area contributed by atoms with Crippen LogP contribution in [-0.4, -0.2) is 40.1 Å². The molecule has 3 aromatic rings. The van der Waals surface area contributed by atoms with Gasteiger partial charge in [-0.1, -0.05) is 19.0 Å². The smallest absolute Gasteiger partial charge is 0.259 e. The van der Waals surface area contributed by atoms with Crippen LogP contribution in [0.1, 0.15) is 49.2 Å². The molecular formula is C20H24N4O3. The van der Waals surface area contributed by atoms with Gasteiger partial charge in [0.15, 0.2) is 5.76 Å². The summed E-state index contributed by atoms with van der Waals surface area (Å²) in [5.41, 5.74) is 8.06. The summed E-state index contributed by atoms with van der Waals surface area (Å²) < 4.78 is 11.0. The Bertz CT molecular complexity index is 961. The van der Waals surface area contributed by atoms with Crippen molar-refractivity contribution in [2.75, 3.05) is 13.1 Å². The Balaban J connectivity index is 1.86. The lowest BCUT2D eigenvalue weighted by Gasteiger charge is -2.22. The molecule has 7 nitrogen and oxygen atoms in total. The number of rotatable bonds is 4. The third-order valence-electron chi connectivity index (χ3n) is 5.28. The van der Waals surface area contributed by atoms with Crippen molar-refractivity contribution in [1.82, 2.24) is 15.0 Å². The number of aromatic nitrogens is 2. The summed E-state index contributed by atoms with van der Waals surface area (Å²) in [5.74, 6) is 0.992. The highest BCUT2D eigenvalue weighted by molar-refractivity contribution is 6.07. The molecule has 3 aromatic heterocycles. The maximum absolute atomic E-state index is 13.5. The van der Waals surface area contributed by atoms with Crippen LogP contribution in [0.25, 0.3) is 22.6 Å². The first-order chi connectivity index (χ1) is 13.0. The van der Waals surface area contributed by atoms with Crippen molar-refractivity contribution >= 4 is 17.0 Å². The molecule has 0 aliphatic carbocycles. The lowest BCUT2D eigenvalue weighted by Crippen LogP contribution is -2.34. The van der Waals surface area contributed by atoms with Crippen molar-refractivity contribution in [3.8, 4) is 11.5 Å². The fourth-order valence-electron chi connectivity index (χ4n) is 3.84. The van der Waals surface area contributed by atoms with Crippen molar-refractivity contribution in [1.29, 1.82) is 0 Å². The van der Waals surface area contributed by atoms with Gasteiger partial charge < -0.3 is 19.6 Å². The van der Waals surface area contributed by atoms with E-state index in [0.29, 0.717) is 47.1 Å². The van der Waals surface area contributed by atoms with E-state index in [1.54, 1.807) is 18.4 Å². The van der Waals surface area contributed by atoms with Crippen LogP contribution in [0.2, 0.25) is 0 Å². The minimum Gasteiger partial charge on any atom is -0.463 e. The molecule has 1 fully saturated rings. The molecule has 1 amide bonds. The number of hydrogen-bond acceptors (Lipinski definition) is 6. The minimum atomic E-state index is -0.0382. The van der Waals surface area contributed by atoms with E-state index >= 15 is 0 Å². The summed E-state index contributed by atoms with van der Waals surface area (Å²) in [5, 5.41) is 4.87. The Morgan fingerprint density at radius 1 is 1.44 bits per heavy atom. The van der Waals surface area contributed by atoms with Gasteiger partial charge in [-0.05, 0) is 49.9 Å². The van der Waals surface area contributed by atoms with Crippen LogP contribution >= 0.6 is 0 Å². The molecule has 0 saturated carbocycles. The number of carbonyl (C=O) groups is 1. The fraction of sp³-hybridized carbons (Fsp3) is 0.450. The van der Waals surface area contributed by atoms with Gasteiger partial charge in [0.1, 0.15) is 5.69 Å². The average molecular weight is 368 g/mol. The van der Waals surface area contributed by atoms with Crippen LogP contribution < -0.4 is 5.73 Å². The van der Waals surface area contributed by atoms with Gasteiger partial charge in [0.2, 0.25) is 0 Å². The predicted molar refractivity (Wildman–Crippen MR) is 101 cm³/mol. The number of hydrogen-bond donors (Lipinski definition) is 1. The number of likely N-dealkylation sites (tertiary alicyclic amines) is 1. The van der Waals surface area contributed by atoms with Crippen LogP contribution in [0.4, 0.5) is 0 Å². The highest BCUT2D eigenvalue weighted by atomic mass is 16.5. The summed E-state index contributed by atoms with van der Waals surface area (Å²) in [4.78, 5) is 19.9. The number of pyridine rings is 1. The molecule has 0 aromatic carbocycles. The van der Waals surface area contributed by atoms with Crippen molar-refractivity contribution in [3.05, 3.63) is 35.7 Å². The topological polar surface area (TPSA) is 98.4 Å². The van der Waals surface area contributed by atoms with Gasteiger partial charge in [-0.2, -0.15) is 0 Å². The van der Waals surface area contributed by atoms with E-state index in [-0.39, 0.29) is 17.9 Å². The zero-order chi connectivity index (χ0) is 19.1. The largest absolute Gasteiger partial charge is 0.463 e. The molecule has 1 aliphatic heterocycles. The first-order valence-electron chi connectivity index (χ1n) is 9.34. The number of fused-ring (bicyclic) bond motifs is 1. The van der Waals surface area contributed by atoms with Crippen LogP contribution in [0.15, 0.2) is 33.4 Å². The monoisotopic (exact) mass is 368 g/mol. The lowest BCUT2D eigenvalue weighted by molar-refractivity contribution is 0.0745. The Morgan fingerprint density at radius 3 is 2.89 bits per heavy atom. The summed E-state index contributed by atoms with van der Waals surface area (Å²) in [6.45, 7) is 7.36. The van der Waals surface area contributed by atoms with E-state index in [1.807, 2.05) is 24.8 Å². The molecule has 27 heavy (non-hydrogen) atoms. The van der Waals surface area contributed by atoms with E-state index in [9.17, 15) is 4.79 Å². The van der Waals surface area contributed by atoms with Crippen LogP contribution in [-0.2, 0) is 0 Å². The zero-order valence-electron chi connectivity index (χ0n) is 15.8. The highest BCUT2D eigenvalue weighted by Crippen LogP contribution is 2.33. The third-order valence-corrected chi connectivity index (χ3v) is 5.28. The van der Waals surface area contributed by atoms with Gasteiger partial charge in [0.05, 0.1) is 22.9 Å². The van der Waals surface area contributed by atoms with Gasteiger partial charge in [0.25, 0.3) is 11.6 Å². The van der Waals surface area contributed by atoms with E-state index in [2.05, 4.69) is 17.1 Å². The third kappa shape index (κ3) is 3.02. The Labute approximate surface area is 157 Å². The Morgan fingerprint density at radius 2 is 2.26 bits per heavy atom. The zero-order valence-corrected chi connectivity index (χ0v) is 15.8. The van der Waals surface area contributed by atoms with Gasteiger partial charge in [-0.25, -0.2) is 4.98 Å². The molecule has 1 aliphatic rings. The fourth-order valence-corrected chi connectivity index (χ4v) is 3.84. The number of amides is 1. The second-order valence-electron chi connectivity index (χ2n) is 7.58. The second-order valence-corrected chi connectivity index (χ2v) is 7.58. The molecule has 142 valence electrons. The lowest BCUT2D eigenvalue weighted by atomic mass is 10.0. The quantitative estimate of drug-likeness (QED) is 0.758. The average Bonchev–Trinajstić information content (AvgIpc) is 3.38.